The third-order valence-electron chi connectivity index (χ3n) is 3.97. The van der Waals surface area contributed by atoms with E-state index < -0.39 is 0 Å². The Balaban J connectivity index is 1.79. The SMILES string of the molecule is CC(CNC(C)(C)C)NCC1(c2ccccc2)CC1. The summed E-state index contributed by atoms with van der Waals surface area (Å²) < 4.78 is 0. The average Bonchev–Trinajstić information content (AvgIpc) is 3.15. The van der Waals surface area contributed by atoms with Crippen molar-refractivity contribution in [2.24, 2.45) is 0 Å². The molecule has 0 saturated heterocycles. The molecular weight excluding hydrogens is 232 g/mol. The average molecular weight is 260 g/mol. The second kappa shape index (κ2) is 5.64. The largest absolute Gasteiger partial charge is 0.312 e. The number of benzene rings is 1. The summed E-state index contributed by atoms with van der Waals surface area (Å²) in [5.41, 5.74) is 2.11. The summed E-state index contributed by atoms with van der Waals surface area (Å²) in [6.45, 7) is 11.0. The van der Waals surface area contributed by atoms with E-state index in [9.17, 15) is 0 Å². The fraction of sp³-hybridized carbons (Fsp3) is 0.647. The van der Waals surface area contributed by atoms with E-state index in [-0.39, 0.29) is 5.54 Å². The lowest BCUT2D eigenvalue weighted by atomic mass is 9.96. The molecule has 0 spiro atoms. The molecule has 1 aliphatic carbocycles. The Hall–Kier alpha value is -0.860. The Bertz CT molecular complexity index is 387. The highest BCUT2D eigenvalue weighted by atomic mass is 15.0. The first kappa shape index (κ1) is 14.5. The second-order valence-corrected chi connectivity index (χ2v) is 7.06. The Kier molecular flexibility index (Phi) is 4.32. The Morgan fingerprint density at radius 3 is 2.32 bits per heavy atom. The standard InChI is InChI=1S/C17H28N2/c1-14(12-19-16(2,3)4)18-13-17(10-11-17)15-8-6-5-7-9-15/h5-9,14,18-19H,10-13H2,1-4H3. The van der Waals surface area contributed by atoms with Crippen LogP contribution in [0.1, 0.15) is 46.1 Å². The van der Waals surface area contributed by atoms with E-state index in [4.69, 9.17) is 0 Å². The fourth-order valence-corrected chi connectivity index (χ4v) is 2.41. The van der Waals surface area contributed by atoms with Crippen LogP contribution in [0.15, 0.2) is 30.3 Å². The van der Waals surface area contributed by atoms with Crippen molar-refractivity contribution in [2.45, 2.75) is 57.5 Å². The van der Waals surface area contributed by atoms with Crippen molar-refractivity contribution in [1.29, 1.82) is 0 Å². The van der Waals surface area contributed by atoms with Gasteiger partial charge in [-0.2, -0.15) is 0 Å². The van der Waals surface area contributed by atoms with E-state index in [0.717, 1.165) is 13.1 Å². The van der Waals surface area contributed by atoms with Crippen molar-refractivity contribution < 1.29 is 0 Å². The predicted octanol–water partition coefficient (Wildman–Crippen LogP) is 3.08. The first-order valence-electron chi connectivity index (χ1n) is 7.45. The highest BCUT2D eigenvalue weighted by molar-refractivity contribution is 5.31. The summed E-state index contributed by atoms with van der Waals surface area (Å²) >= 11 is 0. The maximum atomic E-state index is 3.69. The predicted molar refractivity (Wildman–Crippen MR) is 82.6 cm³/mol. The Morgan fingerprint density at radius 1 is 1.16 bits per heavy atom. The molecule has 0 aromatic heterocycles. The van der Waals surface area contributed by atoms with E-state index >= 15 is 0 Å². The molecule has 0 radical (unpaired) electrons. The van der Waals surface area contributed by atoms with Gasteiger partial charge in [-0.25, -0.2) is 0 Å². The van der Waals surface area contributed by atoms with Crippen molar-refractivity contribution in [3.05, 3.63) is 35.9 Å². The van der Waals surface area contributed by atoms with E-state index in [1.54, 1.807) is 0 Å². The molecule has 0 aliphatic heterocycles. The van der Waals surface area contributed by atoms with Crippen LogP contribution in [0.4, 0.5) is 0 Å². The maximum Gasteiger partial charge on any atom is 0.0164 e. The molecule has 2 rings (SSSR count). The summed E-state index contributed by atoms with van der Waals surface area (Å²) in [4.78, 5) is 0. The molecule has 2 N–H and O–H groups in total. The molecule has 2 nitrogen and oxygen atoms in total. The zero-order chi connectivity index (χ0) is 13.9. The lowest BCUT2D eigenvalue weighted by Crippen LogP contribution is -2.46. The minimum Gasteiger partial charge on any atom is -0.312 e. The molecule has 0 heterocycles. The molecule has 1 atom stereocenters. The van der Waals surface area contributed by atoms with Gasteiger partial charge in [-0.15, -0.1) is 0 Å². The van der Waals surface area contributed by atoms with Gasteiger partial charge in [0.25, 0.3) is 0 Å². The summed E-state index contributed by atoms with van der Waals surface area (Å²) in [6.07, 6.45) is 2.65. The molecule has 19 heavy (non-hydrogen) atoms. The summed E-state index contributed by atoms with van der Waals surface area (Å²) in [5, 5.41) is 7.25. The van der Waals surface area contributed by atoms with Crippen molar-refractivity contribution in [2.75, 3.05) is 13.1 Å². The van der Waals surface area contributed by atoms with Crippen LogP contribution in [-0.4, -0.2) is 24.7 Å². The quantitative estimate of drug-likeness (QED) is 0.821. The molecule has 0 bridgehead atoms. The molecule has 1 fully saturated rings. The third kappa shape index (κ3) is 4.32. The zero-order valence-electron chi connectivity index (χ0n) is 12.8. The summed E-state index contributed by atoms with van der Waals surface area (Å²) in [7, 11) is 0. The van der Waals surface area contributed by atoms with Crippen LogP contribution >= 0.6 is 0 Å². The Morgan fingerprint density at radius 2 is 1.79 bits per heavy atom. The molecular formula is C17H28N2. The maximum absolute atomic E-state index is 3.69. The lowest BCUT2D eigenvalue weighted by molar-refractivity contribution is 0.381. The minimum absolute atomic E-state index is 0.201. The van der Waals surface area contributed by atoms with Crippen LogP contribution in [0.2, 0.25) is 0 Å². The van der Waals surface area contributed by atoms with Gasteiger partial charge in [0.15, 0.2) is 0 Å². The summed E-state index contributed by atoms with van der Waals surface area (Å²) in [5.74, 6) is 0. The van der Waals surface area contributed by atoms with Gasteiger partial charge in [0.2, 0.25) is 0 Å². The van der Waals surface area contributed by atoms with Crippen LogP contribution in [0, 0.1) is 0 Å². The molecule has 106 valence electrons. The highest BCUT2D eigenvalue weighted by Gasteiger charge is 2.43. The van der Waals surface area contributed by atoms with Crippen LogP contribution in [0.5, 0.6) is 0 Å². The van der Waals surface area contributed by atoms with Crippen molar-refractivity contribution in [1.82, 2.24) is 10.6 Å². The zero-order valence-corrected chi connectivity index (χ0v) is 12.8. The van der Waals surface area contributed by atoms with Gasteiger partial charge in [-0.3, -0.25) is 0 Å². The van der Waals surface area contributed by atoms with E-state index in [1.807, 2.05) is 0 Å². The van der Waals surface area contributed by atoms with Crippen LogP contribution in [0.3, 0.4) is 0 Å². The highest BCUT2D eigenvalue weighted by Crippen LogP contribution is 2.47. The van der Waals surface area contributed by atoms with Crippen molar-refractivity contribution >= 4 is 0 Å². The number of hydrogen-bond donors (Lipinski definition) is 2. The van der Waals surface area contributed by atoms with Gasteiger partial charge in [0, 0.05) is 30.1 Å². The van der Waals surface area contributed by atoms with Gasteiger partial charge in [0.05, 0.1) is 0 Å². The normalized spacial score (nSPS) is 19.2. The molecule has 0 amide bonds. The van der Waals surface area contributed by atoms with Gasteiger partial charge in [-0.05, 0) is 46.1 Å². The minimum atomic E-state index is 0.201. The van der Waals surface area contributed by atoms with Crippen LogP contribution in [0.25, 0.3) is 0 Å². The molecule has 1 aromatic rings. The molecule has 1 unspecified atom stereocenters. The van der Waals surface area contributed by atoms with E-state index in [0.29, 0.717) is 11.5 Å². The third-order valence-corrected chi connectivity index (χ3v) is 3.97. The van der Waals surface area contributed by atoms with Gasteiger partial charge < -0.3 is 10.6 Å². The lowest BCUT2D eigenvalue weighted by Gasteiger charge is -2.25. The Labute approximate surface area is 118 Å². The topological polar surface area (TPSA) is 24.1 Å². The molecule has 2 heteroatoms. The van der Waals surface area contributed by atoms with Crippen molar-refractivity contribution in [3.8, 4) is 0 Å². The molecule has 1 saturated carbocycles. The second-order valence-electron chi connectivity index (χ2n) is 7.06. The molecule has 1 aliphatic rings. The monoisotopic (exact) mass is 260 g/mol. The van der Waals surface area contributed by atoms with Gasteiger partial charge in [0.1, 0.15) is 0 Å². The number of hydrogen-bond acceptors (Lipinski definition) is 2. The van der Waals surface area contributed by atoms with Gasteiger partial charge >= 0.3 is 0 Å². The van der Waals surface area contributed by atoms with E-state index in [1.165, 1.54) is 18.4 Å². The number of rotatable bonds is 6. The first-order chi connectivity index (χ1) is 8.91. The van der Waals surface area contributed by atoms with E-state index in [2.05, 4.69) is 68.7 Å². The smallest absolute Gasteiger partial charge is 0.0164 e. The van der Waals surface area contributed by atoms with Crippen LogP contribution < -0.4 is 10.6 Å². The molecule has 1 aromatic carbocycles. The fourth-order valence-electron chi connectivity index (χ4n) is 2.41. The first-order valence-corrected chi connectivity index (χ1v) is 7.45. The number of nitrogens with one attached hydrogen (secondary N) is 2. The van der Waals surface area contributed by atoms with Crippen LogP contribution in [-0.2, 0) is 5.41 Å². The summed E-state index contributed by atoms with van der Waals surface area (Å²) in [6, 6.07) is 11.5. The van der Waals surface area contributed by atoms with Gasteiger partial charge in [-0.1, -0.05) is 30.3 Å². The van der Waals surface area contributed by atoms with Crippen molar-refractivity contribution in [3.63, 3.8) is 0 Å².